The molecule has 3 rings (SSSR count). The molecule has 0 unspecified atom stereocenters. The molecule has 0 aromatic carbocycles. The van der Waals surface area contributed by atoms with Gasteiger partial charge in [0.2, 0.25) is 5.82 Å². The molecule has 0 amide bonds. The number of nitro groups is 1. The van der Waals surface area contributed by atoms with Gasteiger partial charge in [0.05, 0.1) is 11.5 Å². The summed E-state index contributed by atoms with van der Waals surface area (Å²) in [5, 5.41) is 18.8. The van der Waals surface area contributed by atoms with Crippen molar-refractivity contribution in [2.24, 2.45) is 0 Å². The van der Waals surface area contributed by atoms with E-state index in [4.69, 9.17) is 5.73 Å². The minimum absolute atomic E-state index is 0.0536. The zero-order valence-electron chi connectivity index (χ0n) is 9.93. The molecule has 0 radical (unpaired) electrons. The lowest BCUT2D eigenvalue weighted by atomic mass is 10.3. The van der Waals surface area contributed by atoms with Gasteiger partial charge in [0.15, 0.2) is 5.82 Å². The van der Waals surface area contributed by atoms with Crippen LogP contribution in [0.2, 0.25) is 0 Å². The van der Waals surface area contributed by atoms with Crippen LogP contribution in [0.1, 0.15) is 5.82 Å². The first-order valence-electron chi connectivity index (χ1n) is 5.67. The van der Waals surface area contributed by atoms with E-state index < -0.39 is 4.92 Å². The summed E-state index contributed by atoms with van der Waals surface area (Å²) in [6.45, 7) is 1.69. The highest BCUT2D eigenvalue weighted by atomic mass is 16.6. The number of nitrogens with two attached hydrogens (primary N) is 1. The predicted octanol–water partition coefficient (Wildman–Crippen LogP) is 0.184. The summed E-state index contributed by atoms with van der Waals surface area (Å²) < 4.78 is 1.91. The van der Waals surface area contributed by atoms with Crippen LogP contribution in [0.5, 0.6) is 0 Å². The first kappa shape index (κ1) is 11.4. The molecular weight excluding hydrogens is 250 g/mol. The zero-order chi connectivity index (χ0) is 13.4. The molecule has 0 saturated heterocycles. The van der Waals surface area contributed by atoms with Crippen molar-refractivity contribution in [1.29, 1.82) is 0 Å². The fourth-order valence-corrected chi connectivity index (χ4v) is 2.08. The quantitative estimate of drug-likeness (QED) is 0.605. The average Bonchev–Trinajstić information content (AvgIpc) is 2.85. The molecule has 19 heavy (non-hydrogen) atoms. The van der Waals surface area contributed by atoms with Crippen LogP contribution in [-0.2, 0) is 13.1 Å². The molecule has 0 atom stereocenters. The second-order valence-electron chi connectivity index (χ2n) is 4.20. The zero-order valence-corrected chi connectivity index (χ0v) is 9.93. The van der Waals surface area contributed by atoms with Crippen molar-refractivity contribution >= 4 is 17.3 Å². The number of hydrogen-bond acceptors (Lipinski definition) is 7. The van der Waals surface area contributed by atoms with Gasteiger partial charge in [0.1, 0.15) is 12.1 Å². The lowest BCUT2D eigenvalue weighted by molar-refractivity contribution is -0.384. The number of anilines is 2. The van der Waals surface area contributed by atoms with Crippen molar-refractivity contribution in [3.05, 3.63) is 34.4 Å². The molecule has 2 aromatic rings. The highest BCUT2D eigenvalue weighted by Gasteiger charge is 2.25. The molecule has 98 valence electrons. The van der Waals surface area contributed by atoms with Crippen LogP contribution >= 0.6 is 0 Å². The molecule has 9 heteroatoms. The van der Waals surface area contributed by atoms with Gasteiger partial charge in [-0.1, -0.05) is 0 Å². The van der Waals surface area contributed by atoms with Gasteiger partial charge in [-0.2, -0.15) is 0 Å². The van der Waals surface area contributed by atoms with E-state index in [-0.39, 0.29) is 17.3 Å². The van der Waals surface area contributed by atoms with Crippen LogP contribution < -0.4 is 10.6 Å². The number of aromatic nitrogens is 4. The highest BCUT2D eigenvalue weighted by molar-refractivity contribution is 5.61. The highest BCUT2D eigenvalue weighted by Crippen LogP contribution is 2.29. The largest absolute Gasteiger partial charge is 0.384 e. The molecule has 0 spiro atoms. The Balaban J connectivity index is 1.99. The van der Waals surface area contributed by atoms with Gasteiger partial charge < -0.3 is 15.2 Å². The minimum atomic E-state index is -0.457. The first-order valence-corrected chi connectivity index (χ1v) is 5.67. The van der Waals surface area contributed by atoms with E-state index in [0.29, 0.717) is 19.6 Å². The maximum atomic E-state index is 11.0. The smallest absolute Gasteiger partial charge is 0.311 e. The summed E-state index contributed by atoms with van der Waals surface area (Å²) in [4.78, 5) is 16.4. The van der Waals surface area contributed by atoms with Gasteiger partial charge in [0.25, 0.3) is 0 Å². The molecule has 0 bridgehead atoms. The number of pyridine rings is 1. The Kier molecular flexibility index (Phi) is 2.51. The average molecular weight is 261 g/mol. The fraction of sp³-hybridized carbons (Fsp3) is 0.300. The van der Waals surface area contributed by atoms with E-state index >= 15 is 0 Å². The number of nitrogen functional groups attached to an aromatic ring is 1. The lowest BCUT2D eigenvalue weighted by Crippen LogP contribution is -2.34. The van der Waals surface area contributed by atoms with Crippen molar-refractivity contribution in [3.8, 4) is 0 Å². The molecule has 0 fully saturated rings. The summed E-state index contributed by atoms with van der Waals surface area (Å²) in [6.07, 6.45) is 1.65. The molecule has 3 heterocycles. The summed E-state index contributed by atoms with van der Waals surface area (Å²) in [6, 6.07) is 2.80. The van der Waals surface area contributed by atoms with Gasteiger partial charge >= 0.3 is 5.69 Å². The van der Waals surface area contributed by atoms with Crippen LogP contribution in [0.4, 0.5) is 17.3 Å². The minimum Gasteiger partial charge on any atom is -0.384 e. The fourth-order valence-electron chi connectivity index (χ4n) is 2.08. The van der Waals surface area contributed by atoms with Gasteiger partial charge in [-0.3, -0.25) is 10.1 Å². The Labute approximate surface area is 107 Å². The van der Waals surface area contributed by atoms with E-state index in [1.807, 2.05) is 4.57 Å². The van der Waals surface area contributed by atoms with Crippen molar-refractivity contribution in [2.45, 2.75) is 13.1 Å². The molecule has 2 N–H and O–H groups in total. The van der Waals surface area contributed by atoms with Crippen LogP contribution in [0.25, 0.3) is 0 Å². The van der Waals surface area contributed by atoms with Crippen molar-refractivity contribution in [2.75, 3.05) is 17.2 Å². The predicted molar refractivity (Wildman–Crippen MR) is 66.4 cm³/mol. The summed E-state index contributed by atoms with van der Waals surface area (Å²) in [7, 11) is 0. The Morgan fingerprint density at radius 3 is 3.00 bits per heavy atom. The number of nitrogens with zero attached hydrogens (tertiary/aromatic N) is 6. The summed E-state index contributed by atoms with van der Waals surface area (Å²) >= 11 is 0. The Morgan fingerprint density at radius 2 is 2.21 bits per heavy atom. The molecule has 9 nitrogen and oxygen atoms in total. The second-order valence-corrected chi connectivity index (χ2v) is 4.20. The molecule has 1 aliphatic rings. The normalized spacial score (nSPS) is 14.2. The molecule has 0 saturated carbocycles. The third-order valence-electron chi connectivity index (χ3n) is 3.01. The van der Waals surface area contributed by atoms with E-state index in [1.54, 1.807) is 11.2 Å². The monoisotopic (exact) mass is 261 g/mol. The maximum Gasteiger partial charge on any atom is 0.311 e. The van der Waals surface area contributed by atoms with Crippen molar-refractivity contribution in [3.63, 3.8) is 0 Å². The van der Waals surface area contributed by atoms with E-state index in [0.717, 1.165) is 5.82 Å². The third kappa shape index (κ3) is 1.94. The van der Waals surface area contributed by atoms with Gasteiger partial charge in [0, 0.05) is 19.2 Å². The Morgan fingerprint density at radius 1 is 1.37 bits per heavy atom. The molecule has 1 aliphatic heterocycles. The molecule has 0 aliphatic carbocycles. The molecular formula is C10H11N7O2. The Hall–Kier alpha value is -2.71. The number of fused-ring (bicyclic) bond motifs is 1. The summed E-state index contributed by atoms with van der Waals surface area (Å²) in [5.41, 5.74) is 5.56. The van der Waals surface area contributed by atoms with Crippen LogP contribution in [0.15, 0.2) is 18.5 Å². The Bertz CT molecular complexity index is 639. The van der Waals surface area contributed by atoms with Gasteiger partial charge in [-0.25, -0.2) is 4.98 Å². The van der Waals surface area contributed by atoms with E-state index in [2.05, 4.69) is 15.2 Å². The SMILES string of the molecule is Nc1ccc([N+](=O)[O-])c(N2CCn3cnnc3C2)n1. The summed E-state index contributed by atoms with van der Waals surface area (Å²) in [5.74, 6) is 1.29. The lowest BCUT2D eigenvalue weighted by Gasteiger charge is -2.27. The first-order chi connectivity index (χ1) is 9.15. The number of hydrogen-bond donors (Lipinski definition) is 1. The van der Waals surface area contributed by atoms with Gasteiger partial charge in [-0.15, -0.1) is 10.2 Å². The number of rotatable bonds is 2. The third-order valence-corrected chi connectivity index (χ3v) is 3.01. The topological polar surface area (TPSA) is 116 Å². The second kappa shape index (κ2) is 4.19. The maximum absolute atomic E-state index is 11.0. The van der Waals surface area contributed by atoms with Crippen molar-refractivity contribution in [1.82, 2.24) is 19.7 Å². The van der Waals surface area contributed by atoms with Gasteiger partial charge in [-0.05, 0) is 6.07 Å². The van der Waals surface area contributed by atoms with E-state index in [9.17, 15) is 10.1 Å². The standard InChI is InChI=1S/C10H11N7O2/c11-8-2-1-7(17(18)19)10(13-8)15-3-4-16-6-12-14-9(16)5-15/h1-2,6H,3-5H2,(H2,11,13). The van der Waals surface area contributed by atoms with Crippen LogP contribution in [-0.4, -0.2) is 31.2 Å². The molecule has 2 aromatic heterocycles. The van der Waals surface area contributed by atoms with E-state index in [1.165, 1.54) is 12.1 Å². The van der Waals surface area contributed by atoms with Crippen LogP contribution in [0.3, 0.4) is 0 Å². The van der Waals surface area contributed by atoms with Crippen LogP contribution in [0, 0.1) is 10.1 Å². The van der Waals surface area contributed by atoms with Crippen molar-refractivity contribution < 1.29 is 4.92 Å².